The number of aryl methyl sites for hydroxylation is 2. The van der Waals surface area contributed by atoms with Gasteiger partial charge in [-0.05, 0) is 84.5 Å². The minimum absolute atomic E-state index is 0.108. The van der Waals surface area contributed by atoms with Crippen LogP contribution in [-0.4, -0.2) is 22.1 Å². The second kappa shape index (κ2) is 7.85. The van der Waals surface area contributed by atoms with Gasteiger partial charge in [0.25, 0.3) is 5.56 Å². The van der Waals surface area contributed by atoms with E-state index in [2.05, 4.69) is 35.6 Å². The fraction of sp³-hybridized carbons (Fsp3) is 0.474. The molecule has 2 heterocycles. The lowest BCUT2D eigenvalue weighted by Gasteiger charge is -2.18. The second-order valence-electron chi connectivity index (χ2n) is 6.33. The van der Waals surface area contributed by atoms with Crippen molar-refractivity contribution in [2.75, 3.05) is 6.61 Å². The number of ether oxygens (including phenoxy) is 2. The van der Waals surface area contributed by atoms with Crippen LogP contribution in [-0.2, 0) is 24.2 Å². The largest absolute Gasteiger partial charge is 0.515 e. The molecule has 1 aromatic heterocycles. The van der Waals surface area contributed by atoms with Crippen LogP contribution in [0.4, 0.5) is 4.79 Å². The van der Waals surface area contributed by atoms with E-state index in [-0.39, 0.29) is 12.2 Å². The molecule has 0 saturated carbocycles. The molecule has 0 saturated heterocycles. The summed E-state index contributed by atoms with van der Waals surface area (Å²) in [5, 5.41) is 0. The number of nitrogens with zero attached hydrogens (tertiary/aromatic N) is 2. The van der Waals surface area contributed by atoms with Crippen molar-refractivity contribution >= 4 is 28.7 Å². The highest BCUT2D eigenvalue weighted by Gasteiger charge is 2.29. The Morgan fingerprint density at radius 2 is 1.85 bits per heavy atom. The van der Waals surface area contributed by atoms with Gasteiger partial charge in [-0.15, -0.1) is 0 Å². The topological polar surface area (TPSA) is 62.5 Å². The van der Waals surface area contributed by atoms with Crippen LogP contribution in [0.15, 0.2) is 16.9 Å². The van der Waals surface area contributed by atoms with Crippen molar-refractivity contribution < 1.29 is 14.3 Å². The van der Waals surface area contributed by atoms with Gasteiger partial charge in [-0.1, -0.05) is 6.92 Å². The predicted molar refractivity (Wildman–Crippen MR) is 108 cm³/mol. The first-order valence-electron chi connectivity index (χ1n) is 8.95. The van der Waals surface area contributed by atoms with Gasteiger partial charge in [0.2, 0.25) is 5.88 Å². The van der Waals surface area contributed by atoms with Crippen molar-refractivity contribution in [2.45, 2.75) is 53.1 Å². The molecule has 1 aromatic carbocycles. The lowest BCUT2D eigenvalue weighted by Crippen LogP contribution is -2.27. The average molecular weight is 470 g/mol. The highest BCUT2D eigenvalue weighted by atomic mass is 127. The maximum absolute atomic E-state index is 13.2. The third-order valence-electron chi connectivity index (χ3n) is 4.63. The smallest absolute Gasteiger partial charge is 0.434 e. The average Bonchev–Trinajstić information content (AvgIpc) is 2.87. The van der Waals surface area contributed by atoms with Gasteiger partial charge in [-0.25, -0.2) is 9.48 Å². The highest BCUT2D eigenvalue weighted by molar-refractivity contribution is 14.1. The summed E-state index contributed by atoms with van der Waals surface area (Å²) < 4.78 is 15.1. The number of hydrogen-bond donors (Lipinski definition) is 0. The first-order valence-corrected chi connectivity index (χ1v) is 10.0. The normalized spacial score (nSPS) is 13.4. The summed E-state index contributed by atoms with van der Waals surface area (Å²) in [6, 6.07) is 4.13. The molecule has 1 aliphatic rings. The molecule has 0 fully saturated rings. The van der Waals surface area contributed by atoms with Crippen molar-refractivity contribution in [2.24, 2.45) is 0 Å². The maximum atomic E-state index is 13.2. The summed E-state index contributed by atoms with van der Waals surface area (Å²) in [6.07, 6.45) is 1.89. The lowest BCUT2D eigenvalue weighted by atomic mass is 9.95. The summed E-state index contributed by atoms with van der Waals surface area (Å²) in [4.78, 5) is 25.2. The fourth-order valence-corrected chi connectivity index (χ4v) is 4.37. The van der Waals surface area contributed by atoms with Crippen molar-refractivity contribution in [1.29, 1.82) is 0 Å². The number of halogens is 1. The van der Waals surface area contributed by atoms with Gasteiger partial charge in [0.1, 0.15) is 5.56 Å². The summed E-state index contributed by atoms with van der Waals surface area (Å²) in [7, 11) is 0. The molecule has 26 heavy (non-hydrogen) atoms. The first kappa shape index (κ1) is 19.0. The van der Waals surface area contributed by atoms with Crippen LogP contribution in [0.2, 0.25) is 0 Å². The molecular weight excluding hydrogens is 447 g/mol. The minimum Gasteiger partial charge on any atom is -0.434 e. The summed E-state index contributed by atoms with van der Waals surface area (Å²) in [6.45, 7) is 7.28. The Bertz CT molecular complexity index is 898. The second-order valence-corrected chi connectivity index (χ2v) is 7.58. The fourth-order valence-electron chi connectivity index (χ4n) is 3.53. The lowest BCUT2D eigenvalue weighted by molar-refractivity contribution is 0.0990. The molecule has 0 N–H and O–H groups in total. The van der Waals surface area contributed by atoms with Crippen molar-refractivity contribution in [3.8, 4) is 17.0 Å². The zero-order valence-corrected chi connectivity index (χ0v) is 17.5. The molecule has 140 valence electrons. The van der Waals surface area contributed by atoms with E-state index >= 15 is 0 Å². The third-order valence-corrected chi connectivity index (χ3v) is 5.26. The Hall–Kier alpha value is -1.77. The van der Waals surface area contributed by atoms with Crippen LogP contribution < -0.4 is 10.3 Å². The van der Waals surface area contributed by atoms with E-state index in [1.54, 1.807) is 16.3 Å². The number of aromatic nitrogens is 2. The Balaban J connectivity index is 2.26. The quantitative estimate of drug-likeness (QED) is 0.499. The van der Waals surface area contributed by atoms with E-state index < -0.39 is 6.16 Å². The molecule has 0 radical (unpaired) electrons. The van der Waals surface area contributed by atoms with Crippen LogP contribution in [0.25, 0.3) is 11.1 Å². The van der Waals surface area contributed by atoms with Gasteiger partial charge in [0.05, 0.1) is 6.61 Å². The SMILES string of the molecule is CCOC(=O)Oc1c(-c2c(C)cc(I)cc2CC)c(=O)n2n1CCCC2. The number of rotatable bonds is 4. The highest BCUT2D eigenvalue weighted by Crippen LogP contribution is 2.35. The number of fused-ring (bicyclic) bond motifs is 1. The summed E-state index contributed by atoms with van der Waals surface area (Å²) in [5.74, 6) is 0.298. The maximum Gasteiger partial charge on any atom is 0.515 e. The monoisotopic (exact) mass is 470 g/mol. The standard InChI is InChI=1S/C19H23IN2O4/c1-4-13-11-14(20)10-12(3)15(13)16-17(23)21-8-6-7-9-22(21)18(16)26-19(24)25-5-2/h10-11H,4-9H2,1-3H3. The van der Waals surface area contributed by atoms with Gasteiger partial charge in [0.15, 0.2) is 0 Å². The van der Waals surface area contributed by atoms with Gasteiger partial charge >= 0.3 is 6.16 Å². The van der Waals surface area contributed by atoms with Crippen molar-refractivity contribution in [3.05, 3.63) is 37.2 Å². The Kier molecular flexibility index (Phi) is 5.74. The van der Waals surface area contributed by atoms with Gasteiger partial charge < -0.3 is 9.47 Å². The van der Waals surface area contributed by atoms with E-state index in [0.29, 0.717) is 24.5 Å². The zero-order chi connectivity index (χ0) is 18.8. The molecule has 0 aliphatic carbocycles. The number of benzene rings is 1. The minimum atomic E-state index is -0.776. The molecule has 0 atom stereocenters. The molecule has 7 heteroatoms. The predicted octanol–water partition coefficient (Wildman–Crippen LogP) is 4.12. The van der Waals surface area contributed by atoms with Crippen LogP contribution >= 0.6 is 22.6 Å². The van der Waals surface area contributed by atoms with E-state index in [1.807, 2.05) is 13.0 Å². The molecule has 1 aliphatic heterocycles. The van der Waals surface area contributed by atoms with Crippen molar-refractivity contribution in [3.63, 3.8) is 0 Å². The Labute approximate surface area is 166 Å². The van der Waals surface area contributed by atoms with Crippen LogP contribution in [0.1, 0.15) is 37.8 Å². The number of carbonyl (C=O) groups excluding carboxylic acids is 1. The molecule has 2 aromatic rings. The van der Waals surface area contributed by atoms with Crippen molar-refractivity contribution in [1.82, 2.24) is 9.36 Å². The van der Waals surface area contributed by atoms with Gasteiger partial charge in [-0.3, -0.25) is 9.48 Å². The molecule has 0 unspecified atom stereocenters. The van der Waals surface area contributed by atoms with Gasteiger partial charge in [0, 0.05) is 16.7 Å². The number of carbonyl (C=O) groups is 1. The Morgan fingerprint density at radius 1 is 1.15 bits per heavy atom. The zero-order valence-electron chi connectivity index (χ0n) is 15.3. The third kappa shape index (κ3) is 3.41. The molecule has 0 amide bonds. The molecule has 3 rings (SSSR count). The Morgan fingerprint density at radius 3 is 2.50 bits per heavy atom. The van der Waals surface area contributed by atoms with E-state index in [9.17, 15) is 9.59 Å². The van der Waals surface area contributed by atoms with E-state index in [1.165, 1.54) is 0 Å². The first-order chi connectivity index (χ1) is 12.5. The van der Waals surface area contributed by atoms with E-state index in [0.717, 1.165) is 39.5 Å². The van der Waals surface area contributed by atoms with E-state index in [4.69, 9.17) is 9.47 Å². The summed E-state index contributed by atoms with van der Waals surface area (Å²) >= 11 is 2.28. The van der Waals surface area contributed by atoms with Crippen LogP contribution in [0.5, 0.6) is 5.88 Å². The summed E-state index contributed by atoms with van der Waals surface area (Å²) in [5.41, 5.74) is 3.30. The molecule has 0 spiro atoms. The molecular formula is C19H23IN2O4. The van der Waals surface area contributed by atoms with Crippen LogP contribution in [0.3, 0.4) is 0 Å². The van der Waals surface area contributed by atoms with Gasteiger partial charge in [-0.2, -0.15) is 0 Å². The number of hydrogen-bond acceptors (Lipinski definition) is 4. The van der Waals surface area contributed by atoms with Crippen LogP contribution in [0, 0.1) is 10.5 Å². The molecule has 0 bridgehead atoms. The molecule has 6 nitrogen and oxygen atoms in total.